The number of esters is 2. The maximum absolute atomic E-state index is 12.4. The Morgan fingerprint density at radius 3 is 2.85 bits per heavy atom. The molecular weight excluding hydrogens is 336 g/mol. The molecule has 6 heteroatoms. The lowest BCUT2D eigenvalue weighted by atomic mass is 9.81. The molecule has 0 saturated carbocycles. The first-order chi connectivity index (χ1) is 12.2. The molecule has 0 radical (unpaired) electrons. The van der Waals surface area contributed by atoms with Gasteiger partial charge in [0.05, 0.1) is 23.7 Å². The summed E-state index contributed by atoms with van der Waals surface area (Å²) in [5.74, 6) is -1.44. The van der Waals surface area contributed by atoms with Gasteiger partial charge >= 0.3 is 11.9 Å². The summed E-state index contributed by atoms with van der Waals surface area (Å²) in [6, 6.07) is 0. The Labute approximate surface area is 153 Å². The summed E-state index contributed by atoms with van der Waals surface area (Å²) in [6.45, 7) is 11.0. The van der Waals surface area contributed by atoms with Crippen LogP contribution >= 0.6 is 0 Å². The molecule has 0 aromatic heterocycles. The molecule has 0 aromatic rings. The number of rotatable bonds is 2. The average molecular weight is 362 g/mol. The molecule has 142 valence electrons. The van der Waals surface area contributed by atoms with Gasteiger partial charge in [-0.3, -0.25) is 0 Å². The van der Waals surface area contributed by atoms with E-state index in [1.807, 2.05) is 19.9 Å². The number of aliphatic hydroxyl groups is 1. The Morgan fingerprint density at radius 2 is 2.19 bits per heavy atom. The number of fused-ring (bicyclic) bond motifs is 3. The normalized spacial score (nSPS) is 42.1. The zero-order chi connectivity index (χ0) is 19.2. The Hall–Kier alpha value is -1.92. The molecule has 0 unspecified atom stereocenters. The lowest BCUT2D eigenvalue weighted by Gasteiger charge is -2.34. The highest BCUT2D eigenvalue weighted by atomic mass is 16.6. The Bertz CT molecular complexity index is 705. The van der Waals surface area contributed by atoms with Crippen LogP contribution in [0.3, 0.4) is 0 Å². The van der Waals surface area contributed by atoms with E-state index in [4.69, 9.17) is 14.2 Å². The number of hydrogen-bond acceptors (Lipinski definition) is 6. The highest BCUT2D eigenvalue weighted by molar-refractivity contribution is 5.92. The third kappa shape index (κ3) is 3.12. The van der Waals surface area contributed by atoms with Crippen molar-refractivity contribution in [2.75, 3.05) is 0 Å². The van der Waals surface area contributed by atoms with Crippen molar-refractivity contribution in [1.29, 1.82) is 0 Å². The number of carbonyl (C=O) groups excluding carboxylic acids is 2. The minimum absolute atomic E-state index is 0.255. The first kappa shape index (κ1) is 18.9. The van der Waals surface area contributed by atoms with Gasteiger partial charge in [-0.2, -0.15) is 0 Å². The molecule has 26 heavy (non-hydrogen) atoms. The van der Waals surface area contributed by atoms with Crippen molar-refractivity contribution in [3.05, 3.63) is 35.5 Å². The van der Waals surface area contributed by atoms with E-state index in [1.165, 1.54) is 0 Å². The Kier molecular flexibility index (Phi) is 4.84. The third-order valence-electron chi connectivity index (χ3n) is 5.77. The van der Waals surface area contributed by atoms with E-state index < -0.39 is 41.8 Å². The summed E-state index contributed by atoms with van der Waals surface area (Å²) in [4.78, 5) is 24.5. The van der Waals surface area contributed by atoms with Gasteiger partial charge in [0.2, 0.25) is 0 Å². The summed E-state index contributed by atoms with van der Waals surface area (Å²) < 4.78 is 17.3. The molecule has 0 spiro atoms. The van der Waals surface area contributed by atoms with Gasteiger partial charge in [-0.25, -0.2) is 9.59 Å². The maximum atomic E-state index is 12.4. The molecule has 6 atom stereocenters. The minimum atomic E-state index is -0.880. The summed E-state index contributed by atoms with van der Waals surface area (Å²) in [6.07, 6.45) is 2.02. The summed E-state index contributed by atoms with van der Waals surface area (Å²) in [7, 11) is 0. The van der Waals surface area contributed by atoms with Gasteiger partial charge in [0.15, 0.2) is 0 Å². The van der Waals surface area contributed by atoms with Crippen LogP contribution in [0.4, 0.5) is 0 Å². The fourth-order valence-corrected chi connectivity index (χ4v) is 3.90. The van der Waals surface area contributed by atoms with Crippen molar-refractivity contribution < 1.29 is 28.9 Å². The van der Waals surface area contributed by atoms with Crippen molar-refractivity contribution in [3.8, 4) is 0 Å². The molecule has 6 nitrogen and oxygen atoms in total. The van der Waals surface area contributed by atoms with E-state index in [2.05, 4.69) is 6.58 Å². The fraction of sp³-hybridized carbons (Fsp3) is 0.600. The smallest absolute Gasteiger partial charge is 0.334 e. The van der Waals surface area contributed by atoms with Gasteiger partial charge in [0.1, 0.15) is 12.2 Å². The molecule has 3 aliphatic heterocycles. The SMILES string of the molecule is C=C1C(=O)O[C@@H]2/C=C(/C)[C@H]3C[C@H](O)[C@@](C)(C[C@@H](OC(=O)/C(C)=C\C)[C@@H]12)O3. The van der Waals surface area contributed by atoms with Crippen LogP contribution in [0.2, 0.25) is 0 Å². The van der Waals surface area contributed by atoms with Crippen LogP contribution in [0, 0.1) is 5.92 Å². The van der Waals surface area contributed by atoms with E-state index in [-0.39, 0.29) is 18.1 Å². The topological polar surface area (TPSA) is 82.1 Å². The van der Waals surface area contributed by atoms with Gasteiger partial charge in [-0.1, -0.05) is 12.7 Å². The van der Waals surface area contributed by atoms with Crippen molar-refractivity contribution >= 4 is 11.9 Å². The highest BCUT2D eigenvalue weighted by Crippen LogP contribution is 2.44. The number of aliphatic hydroxyl groups excluding tert-OH is 1. The van der Waals surface area contributed by atoms with E-state index in [0.717, 1.165) is 5.57 Å². The molecular formula is C20H26O6. The number of carbonyl (C=O) groups is 2. The standard InChI is InChI=1S/C20H26O6/c1-6-10(2)18(22)25-15-9-20(5)16(21)8-13(26-20)11(3)7-14-17(15)12(4)19(23)24-14/h6-7,13-17,21H,4,8-9H2,1-3,5H3/b10-6-,11-7-/t13-,14-,15-,16+,17+,20-/m1/s1. The van der Waals surface area contributed by atoms with E-state index in [0.29, 0.717) is 12.0 Å². The molecule has 0 amide bonds. The van der Waals surface area contributed by atoms with Gasteiger partial charge in [-0.05, 0) is 39.3 Å². The minimum Gasteiger partial charge on any atom is -0.458 e. The zero-order valence-electron chi connectivity index (χ0n) is 15.7. The molecule has 3 aliphatic rings. The molecule has 0 aromatic carbocycles. The molecule has 2 saturated heterocycles. The van der Waals surface area contributed by atoms with E-state index >= 15 is 0 Å². The predicted octanol–water partition coefficient (Wildman–Crippen LogP) is 2.22. The van der Waals surface area contributed by atoms with E-state index in [9.17, 15) is 14.7 Å². The van der Waals surface area contributed by atoms with Crippen molar-refractivity contribution in [2.45, 2.75) is 70.6 Å². The van der Waals surface area contributed by atoms with Gasteiger partial charge in [0.25, 0.3) is 0 Å². The van der Waals surface area contributed by atoms with Crippen LogP contribution in [0.1, 0.15) is 40.5 Å². The zero-order valence-corrected chi connectivity index (χ0v) is 15.7. The first-order valence-electron chi connectivity index (χ1n) is 8.94. The number of allylic oxidation sites excluding steroid dienone is 1. The second-order valence-corrected chi connectivity index (χ2v) is 7.62. The predicted molar refractivity (Wildman–Crippen MR) is 94.1 cm³/mol. The molecule has 3 heterocycles. The summed E-state index contributed by atoms with van der Waals surface area (Å²) in [5.41, 5.74) is 0.766. The van der Waals surface area contributed by atoms with Crippen molar-refractivity contribution in [2.24, 2.45) is 5.92 Å². The molecule has 2 bridgehead atoms. The molecule has 3 rings (SSSR count). The number of ether oxygens (including phenoxy) is 3. The summed E-state index contributed by atoms with van der Waals surface area (Å²) in [5, 5.41) is 10.6. The van der Waals surface area contributed by atoms with Crippen LogP contribution < -0.4 is 0 Å². The third-order valence-corrected chi connectivity index (χ3v) is 5.77. The van der Waals surface area contributed by atoms with Crippen LogP contribution in [-0.4, -0.2) is 47.1 Å². The van der Waals surface area contributed by atoms with Gasteiger partial charge in [0, 0.05) is 24.0 Å². The van der Waals surface area contributed by atoms with Crippen LogP contribution in [0.15, 0.2) is 35.5 Å². The average Bonchev–Trinajstić information content (AvgIpc) is 3.03. The summed E-state index contributed by atoms with van der Waals surface area (Å²) >= 11 is 0. The van der Waals surface area contributed by atoms with Crippen LogP contribution in [-0.2, 0) is 23.8 Å². The Balaban J connectivity index is 2.02. The second kappa shape index (κ2) is 6.67. The fourth-order valence-electron chi connectivity index (χ4n) is 3.90. The lowest BCUT2D eigenvalue weighted by Crippen LogP contribution is -2.44. The van der Waals surface area contributed by atoms with Gasteiger partial charge < -0.3 is 19.3 Å². The lowest BCUT2D eigenvalue weighted by molar-refractivity contribution is -0.154. The molecule has 1 N–H and O–H groups in total. The van der Waals surface area contributed by atoms with Crippen LogP contribution in [0.5, 0.6) is 0 Å². The molecule has 2 fully saturated rings. The van der Waals surface area contributed by atoms with Crippen LogP contribution in [0.25, 0.3) is 0 Å². The van der Waals surface area contributed by atoms with Crippen molar-refractivity contribution in [1.82, 2.24) is 0 Å². The number of hydrogen-bond donors (Lipinski definition) is 1. The second-order valence-electron chi connectivity index (χ2n) is 7.62. The quantitative estimate of drug-likeness (QED) is 0.461. The maximum Gasteiger partial charge on any atom is 0.334 e. The van der Waals surface area contributed by atoms with Crippen molar-refractivity contribution in [3.63, 3.8) is 0 Å². The molecule has 0 aliphatic carbocycles. The monoisotopic (exact) mass is 362 g/mol. The van der Waals surface area contributed by atoms with E-state index in [1.54, 1.807) is 19.9 Å². The largest absolute Gasteiger partial charge is 0.458 e. The first-order valence-corrected chi connectivity index (χ1v) is 8.94. The Morgan fingerprint density at radius 1 is 1.50 bits per heavy atom. The van der Waals surface area contributed by atoms with Gasteiger partial charge in [-0.15, -0.1) is 0 Å². The highest BCUT2D eigenvalue weighted by Gasteiger charge is 2.53.